The minimum Gasteiger partial charge on any atom is -0.355 e. The zero-order valence-electron chi connectivity index (χ0n) is 10.1. The van der Waals surface area contributed by atoms with E-state index in [0.717, 1.165) is 30.8 Å². The van der Waals surface area contributed by atoms with Crippen LogP contribution in [-0.2, 0) is 0 Å². The number of hydrogen-bond donors (Lipinski definition) is 1. The maximum Gasteiger partial charge on any atom is 0.129 e. The lowest BCUT2D eigenvalue weighted by Crippen LogP contribution is -2.26. The minimum atomic E-state index is 0.296. The van der Waals surface area contributed by atoms with Crippen LogP contribution in [0.25, 0.3) is 10.9 Å². The number of para-hydroxylation sites is 1. The van der Waals surface area contributed by atoms with Crippen molar-refractivity contribution in [1.82, 2.24) is 4.98 Å². The number of nitrogens with zero attached hydrogens (tertiary/aromatic N) is 2. The Morgan fingerprint density at radius 3 is 2.94 bits per heavy atom. The number of anilines is 1. The largest absolute Gasteiger partial charge is 0.355 e. The molecule has 1 aliphatic rings. The molecular formula is C14H17N3. The molecule has 17 heavy (non-hydrogen) atoms. The number of rotatable bonds is 1. The molecule has 88 valence electrons. The molecule has 1 saturated heterocycles. The Labute approximate surface area is 101 Å². The highest BCUT2D eigenvalue weighted by molar-refractivity contribution is 5.83. The third-order valence-corrected chi connectivity index (χ3v) is 3.46. The molecule has 3 heteroatoms. The van der Waals surface area contributed by atoms with E-state index < -0.39 is 0 Å². The topological polar surface area (TPSA) is 42.1 Å². The van der Waals surface area contributed by atoms with Crippen LogP contribution in [0.4, 0.5) is 5.82 Å². The molecule has 1 atom stereocenters. The second-order valence-electron chi connectivity index (χ2n) is 4.81. The summed E-state index contributed by atoms with van der Waals surface area (Å²) in [5, 5.41) is 1.21. The van der Waals surface area contributed by atoms with E-state index in [1.807, 2.05) is 0 Å². The van der Waals surface area contributed by atoms with Gasteiger partial charge in [0, 0.05) is 24.5 Å². The molecular weight excluding hydrogens is 210 g/mol. The first-order valence-electron chi connectivity index (χ1n) is 6.11. The predicted octanol–water partition coefficient (Wildman–Crippen LogP) is 2.08. The standard InChI is InChI=1S/C14H17N3/c1-10-3-2-4-11-5-6-13(16-14(10)11)17-8-7-12(15)9-17/h2-6,12H,7-9,15H2,1H3. The fourth-order valence-corrected chi connectivity index (χ4v) is 2.46. The quantitative estimate of drug-likeness (QED) is 0.811. The third kappa shape index (κ3) is 1.87. The first kappa shape index (κ1) is 10.5. The monoisotopic (exact) mass is 227 g/mol. The lowest BCUT2D eigenvalue weighted by Gasteiger charge is -2.17. The lowest BCUT2D eigenvalue weighted by atomic mass is 10.1. The van der Waals surface area contributed by atoms with Gasteiger partial charge in [0.15, 0.2) is 0 Å². The van der Waals surface area contributed by atoms with Gasteiger partial charge < -0.3 is 10.6 Å². The summed E-state index contributed by atoms with van der Waals surface area (Å²) in [4.78, 5) is 7.04. The van der Waals surface area contributed by atoms with Crippen molar-refractivity contribution < 1.29 is 0 Å². The molecule has 0 aliphatic carbocycles. The van der Waals surface area contributed by atoms with Crippen LogP contribution in [-0.4, -0.2) is 24.1 Å². The van der Waals surface area contributed by atoms with Gasteiger partial charge in [0.25, 0.3) is 0 Å². The molecule has 0 radical (unpaired) electrons. The van der Waals surface area contributed by atoms with Crippen LogP contribution in [0.15, 0.2) is 30.3 Å². The first-order valence-corrected chi connectivity index (χ1v) is 6.11. The maximum absolute atomic E-state index is 5.94. The van der Waals surface area contributed by atoms with E-state index in [9.17, 15) is 0 Å². The average molecular weight is 227 g/mol. The SMILES string of the molecule is Cc1cccc2ccc(N3CCC(N)C3)nc12. The van der Waals surface area contributed by atoms with Crippen molar-refractivity contribution in [3.63, 3.8) is 0 Å². The number of benzene rings is 1. The molecule has 1 aliphatic heterocycles. The molecule has 1 aromatic heterocycles. The van der Waals surface area contributed by atoms with Gasteiger partial charge in [-0.15, -0.1) is 0 Å². The van der Waals surface area contributed by atoms with E-state index in [-0.39, 0.29) is 0 Å². The van der Waals surface area contributed by atoms with E-state index in [1.54, 1.807) is 0 Å². The average Bonchev–Trinajstić information content (AvgIpc) is 2.76. The van der Waals surface area contributed by atoms with Crippen LogP contribution in [0.1, 0.15) is 12.0 Å². The van der Waals surface area contributed by atoms with E-state index in [0.29, 0.717) is 6.04 Å². The summed E-state index contributed by atoms with van der Waals surface area (Å²) in [5.41, 5.74) is 8.27. The van der Waals surface area contributed by atoms with Gasteiger partial charge in [-0.1, -0.05) is 18.2 Å². The van der Waals surface area contributed by atoms with Crippen LogP contribution in [0, 0.1) is 6.92 Å². The van der Waals surface area contributed by atoms with Crippen LogP contribution in [0.3, 0.4) is 0 Å². The van der Waals surface area contributed by atoms with Crippen molar-refractivity contribution in [2.45, 2.75) is 19.4 Å². The van der Waals surface area contributed by atoms with Crippen LogP contribution >= 0.6 is 0 Å². The first-order chi connectivity index (χ1) is 8.24. The zero-order chi connectivity index (χ0) is 11.8. The molecule has 0 bridgehead atoms. The summed E-state index contributed by atoms with van der Waals surface area (Å²) >= 11 is 0. The molecule has 0 saturated carbocycles. The molecule has 1 unspecified atom stereocenters. The van der Waals surface area contributed by atoms with Crippen LogP contribution in [0.2, 0.25) is 0 Å². The summed E-state index contributed by atoms with van der Waals surface area (Å²) in [6, 6.07) is 10.8. The van der Waals surface area contributed by atoms with Gasteiger partial charge in [0.2, 0.25) is 0 Å². The number of hydrogen-bond acceptors (Lipinski definition) is 3. The van der Waals surface area contributed by atoms with Gasteiger partial charge in [-0.2, -0.15) is 0 Å². The molecule has 3 rings (SSSR count). The number of pyridine rings is 1. The number of nitrogens with two attached hydrogens (primary N) is 1. The van der Waals surface area contributed by atoms with Crippen LogP contribution < -0.4 is 10.6 Å². The van der Waals surface area contributed by atoms with Gasteiger partial charge in [-0.25, -0.2) is 4.98 Å². The molecule has 2 N–H and O–H groups in total. The smallest absolute Gasteiger partial charge is 0.129 e. The fourth-order valence-electron chi connectivity index (χ4n) is 2.46. The van der Waals surface area contributed by atoms with Crippen molar-refractivity contribution in [2.75, 3.05) is 18.0 Å². The molecule has 2 aromatic rings. The van der Waals surface area contributed by atoms with Gasteiger partial charge >= 0.3 is 0 Å². The summed E-state index contributed by atoms with van der Waals surface area (Å²) in [5.74, 6) is 1.06. The Balaban J connectivity index is 2.04. The Morgan fingerprint density at radius 1 is 1.29 bits per heavy atom. The lowest BCUT2D eigenvalue weighted by molar-refractivity contribution is 0.751. The molecule has 1 aromatic carbocycles. The Bertz CT molecular complexity index is 550. The molecule has 0 amide bonds. The second-order valence-corrected chi connectivity index (χ2v) is 4.81. The normalized spacial score (nSPS) is 20.1. The highest BCUT2D eigenvalue weighted by Gasteiger charge is 2.20. The Morgan fingerprint density at radius 2 is 2.18 bits per heavy atom. The van der Waals surface area contributed by atoms with Gasteiger partial charge in [-0.3, -0.25) is 0 Å². The number of fused-ring (bicyclic) bond motifs is 1. The predicted molar refractivity (Wildman–Crippen MR) is 71.3 cm³/mol. The summed E-state index contributed by atoms with van der Waals surface area (Å²) in [6.45, 7) is 4.05. The maximum atomic E-state index is 5.94. The van der Waals surface area contributed by atoms with Gasteiger partial charge in [-0.05, 0) is 31.0 Å². The minimum absolute atomic E-state index is 0.296. The van der Waals surface area contributed by atoms with Crippen molar-refractivity contribution in [1.29, 1.82) is 0 Å². The van der Waals surface area contributed by atoms with E-state index in [2.05, 4.69) is 42.2 Å². The zero-order valence-corrected chi connectivity index (χ0v) is 10.1. The van der Waals surface area contributed by atoms with Crippen molar-refractivity contribution in [3.8, 4) is 0 Å². The fraction of sp³-hybridized carbons (Fsp3) is 0.357. The van der Waals surface area contributed by atoms with E-state index >= 15 is 0 Å². The molecule has 1 fully saturated rings. The van der Waals surface area contributed by atoms with Gasteiger partial charge in [0.05, 0.1) is 5.52 Å². The Hall–Kier alpha value is -1.61. The number of aryl methyl sites for hydroxylation is 1. The molecule has 2 heterocycles. The van der Waals surface area contributed by atoms with Crippen molar-refractivity contribution in [3.05, 3.63) is 35.9 Å². The second kappa shape index (κ2) is 4.00. The molecule has 3 nitrogen and oxygen atoms in total. The Kier molecular flexibility index (Phi) is 2.48. The summed E-state index contributed by atoms with van der Waals surface area (Å²) in [6.07, 6.45) is 1.06. The van der Waals surface area contributed by atoms with E-state index in [4.69, 9.17) is 10.7 Å². The summed E-state index contributed by atoms with van der Waals surface area (Å²) in [7, 11) is 0. The highest BCUT2D eigenvalue weighted by atomic mass is 15.2. The third-order valence-electron chi connectivity index (χ3n) is 3.46. The van der Waals surface area contributed by atoms with E-state index in [1.165, 1.54) is 10.9 Å². The van der Waals surface area contributed by atoms with Crippen LogP contribution in [0.5, 0.6) is 0 Å². The van der Waals surface area contributed by atoms with Crippen molar-refractivity contribution >= 4 is 16.7 Å². The van der Waals surface area contributed by atoms with Gasteiger partial charge in [0.1, 0.15) is 5.82 Å². The highest BCUT2D eigenvalue weighted by Crippen LogP contribution is 2.23. The molecule has 0 spiro atoms. The van der Waals surface area contributed by atoms with Crippen molar-refractivity contribution in [2.24, 2.45) is 5.73 Å². The summed E-state index contributed by atoms with van der Waals surface area (Å²) < 4.78 is 0. The number of aromatic nitrogens is 1.